The van der Waals surface area contributed by atoms with Crippen molar-refractivity contribution in [1.29, 1.82) is 0 Å². The molecule has 1 aromatic rings. The normalized spacial score (nSPS) is 13.1. The number of hydrogen-bond donors (Lipinski definition) is 1. The van der Waals surface area contributed by atoms with Gasteiger partial charge in [-0.15, -0.1) is 12.4 Å². The molecular formula is C9H9ClF5N. The number of alkyl halides is 3. The number of benzene rings is 1. The predicted octanol–water partition coefficient (Wildman–Crippen LogP) is 3.34. The van der Waals surface area contributed by atoms with Gasteiger partial charge in [0.2, 0.25) is 0 Å². The van der Waals surface area contributed by atoms with E-state index < -0.39 is 35.8 Å². The highest BCUT2D eigenvalue weighted by Gasteiger charge is 2.31. The average Bonchev–Trinajstić information content (AvgIpc) is 2.06. The summed E-state index contributed by atoms with van der Waals surface area (Å²) in [4.78, 5) is 0. The lowest BCUT2D eigenvalue weighted by Crippen LogP contribution is -2.21. The Morgan fingerprint density at radius 1 is 1.19 bits per heavy atom. The van der Waals surface area contributed by atoms with Gasteiger partial charge in [-0.2, -0.15) is 13.2 Å². The molecule has 0 heterocycles. The van der Waals surface area contributed by atoms with Gasteiger partial charge in [0.05, 0.1) is 6.42 Å². The van der Waals surface area contributed by atoms with E-state index in [9.17, 15) is 22.0 Å². The summed E-state index contributed by atoms with van der Waals surface area (Å²) in [5.74, 6) is -1.75. The van der Waals surface area contributed by atoms with Gasteiger partial charge in [0.15, 0.2) is 0 Å². The van der Waals surface area contributed by atoms with Gasteiger partial charge in [0, 0.05) is 11.6 Å². The van der Waals surface area contributed by atoms with E-state index in [1.54, 1.807) is 0 Å². The summed E-state index contributed by atoms with van der Waals surface area (Å²) in [5.41, 5.74) is 4.66. The Balaban J connectivity index is 0.00000225. The number of nitrogens with two attached hydrogens (primary N) is 1. The first-order valence-corrected chi connectivity index (χ1v) is 4.07. The van der Waals surface area contributed by atoms with E-state index >= 15 is 0 Å². The molecule has 92 valence electrons. The van der Waals surface area contributed by atoms with E-state index in [1.807, 2.05) is 0 Å². The number of halogens is 6. The van der Waals surface area contributed by atoms with Crippen LogP contribution >= 0.6 is 12.4 Å². The zero-order chi connectivity index (χ0) is 11.6. The Kier molecular flexibility index (Phi) is 5.15. The van der Waals surface area contributed by atoms with E-state index in [0.717, 1.165) is 12.1 Å². The smallest absolute Gasteiger partial charge is 0.324 e. The second-order valence-corrected chi connectivity index (χ2v) is 3.09. The van der Waals surface area contributed by atoms with Crippen LogP contribution in [0.2, 0.25) is 0 Å². The molecular weight excluding hydrogens is 253 g/mol. The van der Waals surface area contributed by atoms with Crippen molar-refractivity contribution in [1.82, 2.24) is 0 Å². The summed E-state index contributed by atoms with van der Waals surface area (Å²) in [5, 5.41) is 0. The zero-order valence-electron chi connectivity index (χ0n) is 7.89. The highest BCUT2D eigenvalue weighted by Crippen LogP contribution is 2.29. The van der Waals surface area contributed by atoms with Crippen molar-refractivity contribution in [3.63, 3.8) is 0 Å². The minimum Gasteiger partial charge on any atom is -0.324 e. The van der Waals surface area contributed by atoms with Gasteiger partial charge in [-0.3, -0.25) is 0 Å². The fraction of sp³-hybridized carbons (Fsp3) is 0.333. The van der Waals surface area contributed by atoms with E-state index in [0.29, 0.717) is 6.07 Å². The van der Waals surface area contributed by atoms with Crippen LogP contribution in [0, 0.1) is 11.6 Å². The van der Waals surface area contributed by atoms with Gasteiger partial charge >= 0.3 is 6.18 Å². The molecule has 0 aromatic heterocycles. The quantitative estimate of drug-likeness (QED) is 0.812. The molecule has 0 unspecified atom stereocenters. The van der Waals surface area contributed by atoms with Crippen molar-refractivity contribution in [2.24, 2.45) is 5.73 Å². The molecule has 1 nitrogen and oxygen atoms in total. The van der Waals surface area contributed by atoms with Crippen LogP contribution in [0.1, 0.15) is 18.0 Å². The van der Waals surface area contributed by atoms with Crippen molar-refractivity contribution in [3.05, 3.63) is 35.4 Å². The molecule has 0 saturated heterocycles. The molecule has 7 heteroatoms. The molecule has 0 fully saturated rings. The highest BCUT2D eigenvalue weighted by molar-refractivity contribution is 5.85. The molecule has 0 saturated carbocycles. The highest BCUT2D eigenvalue weighted by atomic mass is 35.5. The maximum absolute atomic E-state index is 13.0. The van der Waals surface area contributed by atoms with Crippen LogP contribution < -0.4 is 5.73 Å². The molecule has 1 rings (SSSR count). The minimum atomic E-state index is -4.50. The molecule has 2 N–H and O–H groups in total. The van der Waals surface area contributed by atoms with E-state index in [-0.39, 0.29) is 12.4 Å². The Hall–Kier alpha value is -0.880. The van der Waals surface area contributed by atoms with Crippen LogP contribution in [-0.2, 0) is 0 Å². The first kappa shape index (κ1) is 15.1. The Bertz CT molecular complexity index is 352. The summed E-state index contributed by atoms with van der Waals surface area (Å²) in [6.45, 7) is 0. The fourth-order valence-corrected chi connectivity index (χ4v) is 1.16. The van der Waals surface area contributed by atoms with Gasteiger partial charge in [-0.1, -0.05) is 0 Å². The first-order valence-electron chi connectivity index (χ1n) is 4.07. The van der Waals surface area contributed by atoms with Gasteiger partial charge in [-0.25, -0.2) is 8.78 Å². The summed E-state index contributed by atoms with van der Waals surface area (Å²) in [6.07, 6.45) is -5.88. The lowest BCUT2D eigenvalue weighted by Gasteiger charge is -2.14. The topological polar surface area (TPSA) is 26.0 Å². The molecule has 1 atom stereocenters. The van der Waals surface area contributed by atoms with Crippen molar-refractivity contribution >= 4 is 12.4 Å². The molecule has 0 aliphatic carbocycles. The van der Waals surface area contributed by atoms with Gasteiger partial charge in [0.25, 0.3) is 0 Å². The Labute approximate surface area is 94.8 Å². The van der Waals surface area contributed by atoms with Crippen molar-refractivity contribution in [2.75, 3.05) is 0 Å². The van der Waals surface area contributed by atoms with Crippen LogP contribution in [0.15, 0.2) is 18.2 Å². The number of hydrogen-bond acceptors (Lipinski definition) is 1. The summed E-state index contributed by atoms with van der Waals surface area (Å²) >= 11 is 0. The second kappa shape index (κ2) is 5.45. The van der Waals surface area contributed by atoms with Crippen LogP contribution in [-0.4, -0.2) is 6.18 Å². The molecule has 0 radical (unpaired) electrons. The third-order valence-corrected chi connectivity index (χ3v) is 1.81. The maximum Gasteiger partial charge on any atom is 0.390 e. The van der Waals surface area contributed by atoms with Crippen LogP contribution in [0.5, 0.6) is 0 Å². The van der Waals surface area contributed by atoms with Crippen LogP contribution in [0.25, 0.3) is 0 Å². The van der Waals surface area contributed by atoms with Crippen LogP contribution in [0.3, 0.4) is 0 Å². The second-order valence-electron chi connectivity index (χ2n) is 3.09. The average molecular weight is 262 g/mol. The zero-order valence-corrected chi connectivity index (χ0v) is 8.71. The summed E-state index contributed by atoms with van der Waals surface area (Å²) in [6, 6.07) is 0.659. The monoisotopic (exact) mass is 261 g/mol. The largest absolute Gasteiger partial charge is 0.390 e. The molecule has 0 amide bonds. The first-order chi connectivity index (χ1) is 6.79. The van der Waals surface area contributed by atoms with E-state index in [2.05, 4.69) is 0 Å². The van der Waals surface area contributed by atoms with Crippen molar-refractivity contribution in [3.8, 4) is 0 Å². The third kappa shape index (κ3) is 4.32. The van der Waals surface area contributed by atoms with E-state index in [4.69, 9.17) is 5.73 Å². The molecule has 0 aliphatic heterocycles. The Morgan fingerprint density at radius 2 is 1.75 bits per heavy atom. The van der Waals surface area contributed by atoms with Gasteiger partial charge in [0.1, 0.15) is 11.6 Å². The van der Waals surface area contributed by atoms with Gasteiger partial charge in [-0.05, 0) is 18.2 Å². The SMILES string of the molecule is Cl.N[C@@H](CC(F)(F)F)c1cc(F)ccc1F. The molecule has 0 aliphatic rings. The minimum absolute atomic E-state index is 0. The van der Waals surface area contributed by atoms with Crippen molar-refractivity contribution < 1.29 is 22.0 Å². The Morgan fingerprint density at radius 3 is 2.25 bits per heavy atom. The molecule has 16 heavy (non-hydrogen) atoms. The maximum atomic E-state index is 13.0. The lowest BCUT2D eigenvalue weighted by molar-refractivity contribution is -0.138. The number of rotatable bonds is 2. The fourth-order valence-electron chi connectivity index (χ4n) is 1.16. The van der Waals surface area contributed by atoms with Gasteiger partial charge < -0.3 is 5.73 Å². The molecule has 1 aromatic carbocycles. The summed E-state index contributed by atoms with van der Waals surface area (Å²) in [7, 11) is 0. The standard InChI is InChI=1S/C9H8F5N.ClH/c10-5-1-2-7(11)6(3-5)8(15)4-9(12,13)14;/h1-3,8H,4,15H2;1H/t8-;/m0./s1. The van der Waals surface area contributed by atoms with Crippen LogP contribution in [0.4, 0.5) is 22.0 Å². The molecule has 0 bridgehead atoms. The van der Waals surface area contributed by atoms with Crippen molar-refractivity contribution in [2.45, 2.75) is 18.6 Å². The summed E-state index contributed by atoms with van der Waals surface area (Å²) < 4.78 is 61.4. The lowest BCUT2D eigenvalue weighted by atomic mass is 10.0. The molecule has 0 spiro atoms. The predicted molar refractivity (Wildman–Crippen MR) is 51.2 cm³/mol. The third-order valence-electron chi connectivity index (χ3n) is 1.81. The van der Waals surface area contributed by atoms with E-state index in [1.165, 1.54) is 0 Å².